The second-order valence-electron chi connectivity index (χ2n) is 2.52. The maximum atomic E-state index is 8.69. The standard InChI is InChI=1S/C9H10N2O/c1-6-3-7(12-2)4-9(11)8(6)5-10/h3-4H,11H2,1-2H3. The van der Waals surface area contributed by atoms with Crippen LogP contribution in [0.1, 0.15) is 11.1 Å². The van der Waals surface area contributed by atoms with Gasteiger partial charge < -0.3 is 10.5 Å². The summed E-state index contributed by atoms with van der Waals surface area (Å²) >= 11 is 0. The first kappa shape index (κ1) is 8.41. The molecule has 0 aromatic heterocycles. The fourth-order valence-corrected chi connectivity index (χ4v) is 1.05. The molecule has 0 spiro atoms. The van der Waals surface area contributed by atoms with Crippen molar-refractivity contribution in [3.8, 4) is 11.8 Å². The van der Waals surface area contributed by atoms with Gasteiger partial charge in [-0.1, -0.05) is 0 Å². The molecule has 2 N–H and O–H groups in total. The summed E-state index contributed by atoms with van der Waals surface area (Å²) in [6, 6.07) is 5.47. The molecule has 0 saturated carbocycles. The first-order valence-corrected chi connectivity index (χ1v) is 3.53. The summed E-state index contributed by atoms with van der Waals surface area (Å²) in [4.78, 5) is 0. The molecule has 0 atom stereocenters. The highest BCUT2D eigenvalue weighted by Crippen LogP contribution is 2.22. The number of rotatable bonds is 1. The van der Waals surface area contributed by atoms with E-state index in [4.69, 9.17) is 15.7 Å². The SMILES string of the molecule is COc1cc(C)c(C#N)c(N)c1. The van der Waals surface area contributed by atoms with Gasteiger partial charge in [-0.2, -0.15) is 5.26 Å². The topological polar surface area (TPSA) is 59.0 Å². The molecule has 1 aromatic carbocycles. The molecule has 0 aliphatic rings. The highest BCUT2D eigenvalue weighted by molar-refractivity contribution is 5.60. The molecular formula is C9H10N2O. The summed E-state index contributed by atoms with van der Waals surface area (Å²) in [7, 11) is 1.57. The lowest BCUT2D eigenvalue weighted by Gasteiger charge is -2.05. The zero-order valence-electron chi connectivity index (χ0n) is 7.09. The fraction of sp³-hybridized carbons (Fsp3) is 0.222. The van der Waals surface area contributed by atoms with E-state index in [2.05, 4.69) is 0 Å². The number of hydrogen-bond donors (Lipinski definition) is 1. The fourth-order valence-electron chi connectivity index (χ4n) is 1.05. The van der Waals surface area contributed by atoms with Gasteiger partial charge in [0.15, 0.2) is 0 Å². The van der Waals surface area contributed by atoms with Crippen LogP contribution in [-0.2, 0) is 0 Å². The largest absolute Gasteiger partial charge is 0.497 e. The molecular weight excluding hydrogens is 152 g/mol. The minimum Gasteiger partial charge on any atom is -0.497 e. The van der Waals surface area contributed by atoms with Gasteiger partial charge in [0.25, 0.3) is 0 Å². The predicted molar refractivity (Wildman–Crippen MR) is 46.9 cm³/mol. The number of methoxy groups -OCH3 is 1. The molecule has 3 heteroatoms. The van der Waals surface area contributed by atoms with Gasteiger partial charge in [0, 0.05) is 6.07 Å². The second kappa shape index (κ2) is 3.14. The maximum absolute atomic E-state index is 8.69. The number of ether oxygens (including phenoxy) is 1. The lowest BCUT2D eigenvalue weighted by molar-refractivity contribution is 0.414. The number of aryl methyl sites for hydroxylation is 1. The zero-order chi connectivity index (χ0) is 9.14. The Labute approximate surface area is 71.4 Å². The van der Waals surface area contributed by atoms with E-state index in [1.807, 2.05) is 13.0 Å². The van der Waals surface area contributed by atoms with E-state index in [1.165, 1.54) is 0 Å². The number of nitrogens with two attached hydrogens (primary N) is 1. The maximum Gasteiger partial charge on any atom is 0.121 e. The van der Waals surface area contributed by atoms with Crippen LogP contribution in [0, 0.1) is 18.3 Å². The smallest absolute Gasteiger partial charge is 0.121 e. The van der Waals surface area contributed by atoms with E-state index in [0.29, 0.717) is 17.0 Å². The molecule has 1 aromatic rings. The summed E-state index contributed by atoms with van der Waals surface area (Å²) in [6.45, 7) is 1.83. The summed E-state index contributed by atoms with van der Waals surface area (Å²) < 4.78 is 4.99. The van der Waals surface area contributed by atoms with Crippen LogP contribution in [0.5, 0.6) is 5.75 Å². The van der Waals surface area contributed by atoms with Gasteiger partial charge in [0.05, 0.1) is 18.4 Å². The quantitative estimate of drug-likeness (QED) is 0.636. The van der Waals surface area contributed by atoms with Crippen molar-refractivity contribution in [2.45, 2.75) is 6.92 Å². The first-order chi connectivity index (χ1) is 5.69. The van der Waals surface area contributed by atoms with Crippen molar-refractivity contribution in [2.75, 3.05) is 12.8 Å². The van der Waals surface area contributed by atoms with E-state index in [-0.39, 0.29) is 0 Å². The van der Waals surface area contributed by atoms with Crippen molar-refractivity contribution >= 4 is 5.69 Å². The third kappa shape index (κ3) is 1.32. The van der Waals surface area contributed by atoms with Crippen molar-refractivity contribution < 1.29 is 4.74 Å². The second-order valence-corrected chi connectivity index (χ2v) is 2.52. The van der Waals surface area contributed by atoms with Crippen LogP contribution >= 0.6 is 0 Å². The number of benzene rings is 1. The van der Waals surface area contributed by atoms with Crippen molar-refractivity contribution in [3.63, 3.8) is 0 Å². The van der Waals surface area contributed by atoms with Crippen LogP contribution < -0.4 is 10.5 Å². The van der Waals surface area contributed by atoms with E-state index >= 15 is 0 Å². The average Bonchev–Trinajstić information content (AvgIpc) is 2.03. The summed E-state index contributed by atoms with van der Waals surface area (Å²) in [5, 5.41) is 8.69. The third-order valence-electron chi connectivity index (χ3n) is 1.69. The minimum absolute atomic E-state index is 0.467. The van der Waals surface area contributed by atoms with E-state index in [9.17, 15) is 0 Å². The Morgan fingerprint density at radius 3 is 2.58 bits per heavy atom. The van der Waals surface area contributed by atoms with Gasteiger partial charge in [-0.3, -0.25) is 0 Å². The highest BCUT2D eigenvalue weighted by atomic mass is 16.5. The predicted octanol–water partition coefficient (Wildman–Crippen LogP) is 1.46. The number of nitrogen functional groups attached to an aromatic ring is 1. The van der Waals surface area contributed by atoms with Gasteiger partial charge in [-0.05, 0) is 18.6 Å². The summed E-state index contributed by atoms with van der Waals surface area (Å²) in [6.07, 6.45) is 0. The molecule has 0 fully saturated rings. The lowest BCUT2D eigenvalue weighted by Crippen LogP contribution is -1.95. The molecule has 0 radical (unpaired) electrons. The van der Waals surface area contributed by atoms with E-state index in [1.54, 1.807) is 19.2 Å². The van der Waals surface area contributed by atoms with E-state index in [0.717, 1.165) is 5.56 Å². The van der Waals surface area contributed by atoms with Crippen LogP contribution in [0.4, 0.5) is 5.69 Å². The summed E-state index contributed by atoms with van der Waals surface area (Å²) in [5.41, 5.74) is 7.44. The van der Waals surface area contributed by atoms with Crippen molar-refractivity contribution in [1.82, 2.24) is 0 Å². The Balaban J connectivity index is 3.30. The molecule has 0 aliphatic carbocycles. The number of nitriles is 1. The molecule has 0 saturated heterocycles. The van der Waals surface area contributed by atoms with Crippen LogP contribution in [0.3, 0.4) is 0 Å². The molecule has 1 rings (SSSR count). The Bertz CT molecular complexity index is 316. The van der Waals surface area contributed by atoms with Gasteiger partial charge in [-0.15, -0.1) is 0 Å². The number of anilines is 1. The van der Waals surface area contributed by atoms with Gasteiger partial charge in [0.1, 0.15) is 11.8 Å². The Hall–Kier alpha value is -1.69. The number of nitrogens with zero attached hydrogens (tertiary/aromatic N) is 1. The molecule has 62 valence electrons. The van der Waals surface area contributed by atoms with Crippen molar-refractivity contribution in [3.05, 3.63) is 23.3 Å². The van der Waals surface area contributed by atoms with Gasteiger partial charge >= 0.3 is 0 Å². The molecule has 0 amide bonds. The normalized spacial score (nSPS) is 9.08. The Kier molecular flexibility index (Phi) is 2.20. The average molecular weight is 162 g/mol. The Morgan fingerprint density at radius 2 is 2.17 bits per heavy atom. The van der Waals surface area contributed by atoms with E-state index < -0.39 is 0 Å². The van der Waals surface area contributed by atoms with Crippen LogP contribution in [0.15, 0.2) is 12.1 Å². The molecule has 0 aliphatic heterocycles. The third-order valence-corrected chi connectivity index (χ3v) is 1.69. The molecule has 0 heterocycles. The molecule has 0 unspecified atom stereocenters. The monoisotopic (exact) mass is 162 g/mol. The zero-order valence-corrected chi connectivity index (χ0v) is 7.09. The van der Waals surface area contributed by atoms with Crippen LogP contribution in [0.2, 0.25) is 0 Å². The molecule has 0 bridgehead atoms. The van der Waals surface area contributed by atoms with Crippen LogP contribution in [0.25, 0.3) is 0 Å². The molecule has 12 heavy (non-hydrogen) atoms. The Morgan fingerprint density at radius 1 is 1.50 bits per heavy atom. The van der Waals surface area contributed by atoms with Gasteiger partial charge in [0.2, 0.25) is 0 Å². The van der Waals surface area contributed by atoms with Crippen LogP contribution in [-0.4, -0.2) is 7.11 Å². The van der Waals surface area contributed by atoms with Crippen molar-refractivity contribution in [1.29, 1.82) is 5.26 Å². The van der Waals surface area contributed by atoms with Gasteiger partial charge in [-0.25, -0.2) is 0 Å². The number of hydrogen-bond acceptors (Lipinski definition) is 3. The minimum atomic E-state index is 0.467. The highest BCUT2D eigenvalue weighted by Gasteiger charge is 2.04. The first-order valence-electron chi connectivity index (χ1n) is 3.53. The lowest BCUT2D eigenvalue weighted by atomic mass is 10.1. The van der Waals surface area contributed by atoms with Crippen molar-refractivity contribution in [2.24, 2.45) is 0 Å². The molecule has 3 nitrogen and oxygen atoms in total. The summed E-state index contributed by atoms with van der Waals surface area (Å²) in [5.74, 6) is 0.684.